The second kappa shape index (κ2) is 6.38. The van der Waals surface area contributed by atoms with Crippen LogP contribution in [0.2, 0.25) is 0 Å². The zero-order valence-corrected chi connectivity index (χ0v) is 11.0. The molecule has 5 nitrogen and oxygen atoms in total. The van der Waals surface area contributed by atoms with Crippen molar-refractivity contribution in [3.63, 3.8) is 0 Å². The molecule has 0 saturated heterocycles. The number of primary amides is 1. The second-order valence-electron chi connectivity index (χ2n) is 4.37. The van der Waals surface area contributed by atoms with Crippen molar-refractivity contribution in [1.29, 1.82) is 0 Å². The van der Waals surface area contributed by atoms with Gasteiger partial charge >= 0.3 is 6.18 Å². The van der Waals surface area contributed by atoms with Gasteiger partial charge in [0.1, 0.15) is 6.04 Å². The lowest BCUT2D eigenvalue weighted by molar-refractivity contribution is -0.137. The third kappa shape index (κ3) is 4.90. The number of carbonyl (C=O) groups is 3. The van der Waals surface area contributed by atoms with Crippen molar-refractivity contribution in [2.45, 2.75) is 25.6 Å². The van der Waals surface area contributed by atoms with Crippen molar-refractivity contribution >= 4 is 17.6 Å². The largest absolute Gasteiger partial charge is 0.416 e. The summed E-state index contributed by atoms with van der Waals surface area (Å²) >= 11 is 0. The molecule has 0 fully saturated rings. The molecule has 2 amide bonds. The molecule has 1 aromatic rings. The van der Waals surface area contributed by atoms with Gasteiger partial charge in [-0.15, -0.1) is 0 Å². The molecular weight excluding hydrogens is 289 g/mol. The molecule has 21 heavy (non-hydrogen) atoms. The van der Waals surface area contributed by atoms with E-state index in [9.17, 15) is 27.6 Å². The Balaban J connectivity index is 2.76. The van der Waals surface area contributed by atoms with Gasteiger partial charge in [-0.2, -0.15) is 13.2 Å². The maximum atomic E-state index is 12.5. The van der Waals surface area contributed by atoms with E-state index in [-0.39, 0.29) is 5.56 Å². The van der Waals surface area contributed by atoms with Crippen LogP contribution in [-0.2, 0) is 15.8 Å². The lowest BCUT2D eigenvalue weighted by Crippen LogP contribution is -2.42. The summed E-state index contributed by atoms with van der Waals surface area (Å²) in [5.74, 6) is -2.35. The van der Waals surface area contributed by atoms with E-state index in [0.29, 0.717) is 6.07 Å². The smallest absolute Gasteiger partial charge is 0.368 e. The minimum atomic E-state index is -4.57. The Morgan fingerprint density at radius 3 is 2.43 bits per heavy atom. The van der Waals surface area contributed by atoms with Crippen molar-refractivity contribution in [3.8, 4) is 0 Å². The molecule has 0 bridgehead atoms. The molecule has 0 spiro atoms. The van der Waals surface area contributed by atoms with Crippen LogP contribution in [0, 0.1) is 0 Å². The van der Waals surface area contributed by atoms with Crippen molar-refractivity contribution in [1.82, 2.24) is 5.32 Å². The van der Waals surface area contributed by atoms with Crippen molar-refractivity contribution in [2.75, 3.05) is 0 Å². The van der Waals surface area contributed by atoms with Gasteiger partial charge in [-0.1, -0.05) is 12.1 Å². The number of ketones is 1. The molecule has 0 radical (unpaired) electrons. The van der Waals surface area contributed by atoms with E-state index >= 15 is 0 Å². The van der Waals surface area contributed by atoms with Gasteiger partial charge in [-0.25, -0.2) is 0 Å². The normalized spacial score (nSPS) is 12.6. The topological polar surface area (TPSA) is 89.3 Å². The molecule has 0 aliphatic heterocycles. The SMILES string of the molecule is CC(NC(=O)CC(=O)c1cccc(C(F)(F)F)c1)C(N)=O. The van der Waals surface area contributed by atoms with E-state index in [0.717, 1.165) is 12.1 Å². The predicted molar refractivity (Wildman–Crippen MR) is 67.2 cm³/mol. The standard InChI is InChI=1S/C13H13F3N2O3/c1-7(12(17)21)18-11(20)6-10(19)8-3-2-4-9(5-8)13(14,15)16/h2-5,7H,6H2,1H3,(H2,17,21)(H,18,20). The van der Waals surface area contributed by atoms with Gasteiger partial charge in [0.05, 0.1) is 12.0 Å². The summed E-state index contributed by atoms with van der Waals surface area (Å²) in [4.78, 5) is 33.9. The molecule has 1 rings (SSSR count). The Morgan fingerprint density at radius 1 is 1.29 bits per heavy atom. The Kier molecular flexibility index (Phi) is 5.07. The van der Waals surface area contributed by atoms with E-state index in [2.05, 4.69) is 5.32 Å². The summed E-state index contributed by atoms with van der Waals surface area (Å²) in [5.41, 5.74) is 3.73. The van der Waals surface area contributed by atoms with E-state index in [4.69, 9.17) is 5.73 Å². The van der Waals surface area contributed by atoms with Gasteiger partial charge in [0.15, 0.2) is 5.78 Å². The highest BCUT2D eigenvalue weighted by atomic mass is 19.4. The van der Waals surface area contributed by atoms with Gasteiger partial charge in [-0.05, 0) is 19.1 Å². The maximum Gasteiger partial charge on any atom is 0.416 e. The van der Waals surface area contributed by atoms with Gasteiger partial charge in [0.25, 0.3) is 0 Å². The number of Topliss-reactive ketones (excluding diaryl/α,β-unsaturated/α-hetero) is 1. The van der Waals surface area contributed by atoms with Crippen LogP contribution in [0.25, 0.3) is 0 Å². The zero-order valence-electron chi connectivity index (χ0n) is 11.0. The molecule has 0 aliphatic carbocycles. The van der Waals surface area contributed by atoms with Crippen LogP contribution in [0.3, 0.4) is 0 Å². The fraction of sp³-hybridized carbons (Fsp3) is 0.308. The summed E-state index contributed by atoms with van der Waals surface area (Å²) in [5, 5.41) is 2.17. The Morgan fingerprint density at radius 2 is 1.90 bits per heavy atom. The first-order chi connectivity index (χ1) is 9.61. The third-order valence-corrected chi connectivity index (χ3v) is 2.64. The Hall–Kier alpha value is -2.38. The molecule has 114 valence electrons. The van der Waals surface area contributed by atoms with Gasteiger partial charge in [-0.3, -0.25) is 14.4 Å². The number of nitrogens with one attached hydrogen (secondary N) is 1. The molecule has 3 N–H and O–H groups in total. The van der Waals surface area contributed by atoms with Gasteiger partial charge in [0.2, 0.25) is 11.8 Å². The predicted octanol–water partition coefficient (Wildman–Crippen LogP) is 1.27. The van der Waals surface area contributed by atoms with Crippen molar-refractivity contribution < 1.29 is 27.6 Å². The summed E-state index contributed by atoms with van der Waals surface area (Å²) in [6.45, 7) is 1.33. The molecule has 0 aliphatic rings. The third-order valence-electron chi connectivity index (χ3n) is 2.64. The molecule has 0 heterocycles. The van der Waals surface area contributed by atoms with Crippen molar-refractivity contribution in [3.05, 3.63) is 35.4 Å². The number of halogens is 3. The van der Waals surface area contributed by atoms with Gasteiger partial charge < -0.3 is 11.1 Å². The lowest BCUT2D eigenvalue weighted by Gasteiger charge is -2.10. The quantitative estimate of drug-likeness (QED) is 0.634. The van der Waals surface area contributed by atoms with Gasteiger partial charge in [0, 0.05) is 5.56 Å². The zero-order chi connectivity index (χ0) is 16.2. The average molecular weight is 302 g/mol. The Bertz CT molecular complexity index is 570. The first kappa shape index (κ1) is 16.7. The number of nitrogens with two attached hydrogens (primary N) is 1. The van der Waals surface area contributed by atoms with E-state index in [1.54, 1.807) is 0 Å². The summed E-state index contributed by atoms with van der Waals surface area (Å²) in [6.07, 6.45) is -5.24. The van der Waals surface area contributed by atoms with Crippen molar-refractivity contribution in [2.24, 2.45) is 5.73 Å². The number of hydrogen-bond donors (Lipinski definition) is 2. The average Bonchev–Trinajstić information content (AvgIpc) is 2.37. The summed E-state index contributed by atoms with van der Waals surface area (Å²) in [7, 11) is 0. The minimum Gasteiger partial charge on any atom is -0.368 e. The van der Waals surface area contributed by atoms with Crippen LogP contribution < -0.4 is 11.1 Å². The van der Waals surface area contributed by atoms with Crippen LogP contribution in [0.5, 0.6) is 0 Å². The van der Waals surface area contributed by atoms with Crippen LogP contribution >= 0.6 is 0 Å². The minimum absolute atomic E-state index is 0.230. The molecule has 1 atom stereocenters. The Labute approximate surface area is 118 Å². The fourth-order valence-corrected chi connectivity index (χ4v) is 1.48. The number of alkyl halides is 3. The highest BCUT2D eigenvalue weighted by Crippen LogP contribution is 2.29. The van der Waals surface area contributed by atoms with Crippen LogP contribution in [0.15, 0.2) is 24.3 Å². The molecule has 8 heteroatoms. The van der Waals surface area contributed by atoms with E-state index < -0.39 is 41.8 Å². The number of rotatable bonds is 5. The first-order valence-corrected chi connectivity index (χ1v) is 5.90. The molecule has 1 aromatic carbocycles. The monoisotopic (exact) mass is 302 g/mol. The number of benzene rings is 1. The molecular formula is C13H13F3N2O3. The van der Waals surface area contributed by atoms with E-state index in [1.165, 1.54) is 13.0 Å². The van der Waals surface area contributed by atoms with Crippen LogP contribution in [0.4, 0.5) is 13.2 Å². The van der Waals surface area contributed by atoms with E-state index in [1.807, 2.05) is 0 Å². The molecule has 0 aromatic heterocycles. The molecule has 0 saturated carbocycles. The highest BCUT2D eigenvalue weighted by Gasteiger charge is 2.31. The number of hydrogen-bond acceptors (Lipinski definition) is 3. The molecule has 1 unspecified atom stereocenters. The number of carbonyl (C=O) groups excluding carboxylic acids is 3. The lowest BCUT2D eigenvalue weighted by atomic mass is 10.0. The summed E-state index contributed by atoms with van der Waals surface area (Å²) in [6, 6.07) is 2.80. The first-order valence-electron chi connectivity index (χ1n) is 5.90. The summed E-state index contributed by atoms with van der Waals surface area (Å²) < 4.78 is 37.5. The second-order valence-corrected chi connectivity index (χ2v) is 4.37. The fourth-order valence-electron chi connectivity index (χ4n) is 1.48. The maximum absolute atomic E-state index is 12.5. The number of amides is 2. The van der Waals surface area contributed by atoms with Crippen LogP contribution in [0.1, 0.15) is 29.3 Å². The van der Waals surface area contributed by atoms with Crippen LogP contribution in [-0.4, -0.2) is 23.6 Å². The highest BCUT2D eigenvalue weighted by molar-refractivity contribution is 6.08.